The molecule has 8 heteroatoms. The summed E-state index contributed by atoms with van der Waals surface area (Å²) in [6.45, 7) is 2.18. The van der Waals surface area contributed by atoms with Crippen LogP contribution >= 0.6 is 12.2 Å². The van der Waals surface area contributed by atoms with Crippen molar-refractivity contribution in [2.75, 3.05) is 23.8 Å². The van der Waals surface area contributed by atoms with E-state index in [2.05, 4.69) is 16.0 Å². The van der Waals surface area contributed by atoms with Crippen LogP contribution in [0.2, 0.25) is 0 Å². The fourth-order valence-electron chi connectivity index (χ4n) is 2.81. The van der Waals surface area contributed by atoms with E-state index >= 15 is 0 Å². The number of benzene rings is 3. The van der Waals surface area contributed by atoms with Crippen LogP contribution in [0.4, 0.5) is 11.4 Å². The first-order valence-corrected chi connectivity index (χ1v) is 10.4. The van der Waals surface area contributed by atoms with Gasteiger partial charge in [0.1, 0.15) is 11.5 Å². The number of hydrogen-bond donors (Lipinski definition) is 3. The van der Waals surface area contributed by atoms with Crippen LogP contribution in [0.5, 0.6) is 11.5 Å². The molecule has 0 spiro atoms. The molecule has 32 heavy (non-hydrogen) atoms. The Bertz CT molecular complexity index is 1090. The summed E-state index contributed by atoms with van der Waals surface area (Å²) in [6, 6.07) is 23.0. The van der Waals surface area contributed by atoms with Gasteiger partial charge in [-0.1, -0.05) is 36.4 Å². The van der Waals surface area contributed by atoms with Crippen molar-refractivity contribution in [3.63, 3.8) is 0 Å². The predicted octanol–water partition coefficient (Wildman–Crippen LogP) is 4.23. The highest BCUT2D eigenvalue weighted by Gasteiger charge is 2.13. The van der Waals surface area contributed by atoms with Crippen LogP contribution in [0.25, 0.3) is 0 Å². The minimum Gasteiger partial charge on any atom is -0.493 e. The van der Waals surface area contributed by atoms with Crippen LogP contribution in [-0.2, 0) is 4.79 Å². The quantitative estimate of drug-likeness (QED) is 0.446. The van der Waals surface area contributed by atoms with Crippen LogP contribution in [0.1, 0.15) is 17.3 Å². The van der Waals surface area contributed by atoms with Gasteiger partial charge in [0, 0.05) is 11.4 Å². The Morgan fingerprint density at radius 1 is 0.844 bits per heavy atom. The summed E-state index contributed by atoms with van der Waals surface area (Å²) in [5.74, 6) is 0.422. The summed E-state index contributed by atoms with van der Waals surface area (Å²) in [6.07, 6.45) is 0. The van der Waals surface area contributed by atoms with Gasteiger partial charge < -0.3 is 20.1 Å². The van der Waals surface area contributed by atoms with Crippen molar-refractivity contribution in [1.82, 2.24) is 5.32 Å². The molecule has 0 heterocycles. The monoisotopic (exact) mass is 449 g/mol. The van der Waals surface area contributed by atoms with Gasteiger partial charge in [-0.2, -0.15) is 0 Å². The molecule has 0 aliphatic heterocycles. The Hall–Kier alpha value is -3.91. The van der Waals surface area contributed by atoms with E-state index in [0.717, 1.165) is 0 Å². The maximum atomic E-state index is 12.6. The van der Waals surface area contributed by atoms with Crippen LogP contribution in [0.3, 0.4) is 0 Å². The molecule has 7 nitrogen and oxygen atoms in total. The summed E-state index contributed by atoms with van der Waals surface area (Å²) in [5.41, 5.74) is 1.56. The second-order valence-corrected chi connectivity index (χ2v) is 6.98. The number of anilines is 2. The molecular formula is C24H23N3O4S. The number of carbonyl (C=O) groups is 2. The Morgan fingerprint density at radius 2 is 1.53 bits per heavy atom. The zero-order valence-electron chi connectivity index (χ0n) is 17.5. The van der Waals surface area contributed by atoms with E-state index in [9.17, 15) is 9.59 Å². The number of nitrogens with one attached hydrogen (secondary N) is 3. The van der Waals surface area contributed by atoms with Gasteiger partial charge in [-0.05, 0) is 61.6 Å². The third-order valence-electron chi connectivity index (χ3n) is 4.18. The van der Waals surface area contributed by atoms with Gasteiger partial charge in [-0.3, -0.25) is 14.9 Å². The Balaban J connectivity index is 1.54. The lowest BCUT2D eigenvalue weighted by molar-refractivity contribution is -0.118. The number of thiocarbonyl (C=S) groups is 1. The molecule has 0 bridgehead atoms. The van der Waals surface area contributed by atoms with Crippen molar-refractivity contribution in [2.24, 2.45) is 0 Å². The van der Waals surface area contributed by atoms with Crippen LogP contribution in [0.15, 0.2) is 78.9 Å². The summed E-state index contributed by atoms with van der Waals surface area (Å²) in [7, 11) is 0. The van der Waals surface area contributed by atoms with Gasteiger partial charge in [0.15, 0.2) is 11.7 Å². The lowest BCUT2D eigenvalue weighted by Gasteiger charge is -2.13. The Labute approximate surface area is 191 Å². The minimum absolute atomic E-state index is 0.116. The van der Waals surface area contributed by atoms with Crippen molar-refractivity contribution in [2.45, 2.75) is 6.92 Å². The highest BCUT2D eigenvalue weighted by molar-refractivity contribution is 7.80. The molecule has 3 N–H and O–H groups in total. The van der Waals surface area contributed by atoms with E-state index in [1.54, 1.807) is 60.7 Å². The number of carbonyl (C=O) groups excluding carboxylic acids is 2. The number of amides is 2. The molecule has 164 valence electrons. The van der Waals surface area contributed by atoms with Crippen molar-refractivity contribution in [1.29, 1.82) is 0 Å². The van der Waals surface area contributed by atoms with Gasteiger partial charge in [0.25, 0.3) is 11.8 Å². The molecule has 0 radical (unpaired) electrons. The lowest BCUT2D eigenvalue weighted by Crippen LogP contribution is -2.34. The van der Waals surface area contributed by atoms with Crippen LogP contribution in [0, 0.1) is 0 Å². The fourth-order valence-corrected chi connectivity index (χ4v) is 3.02. The molecule has 0 saturated heterocycles. The van der Waals surface area contributed by atoms with E-state index in [4.69, 9.17) is 21.7 Å². The third kappa shape index (κ3) is 6.82. The molecule has 0 aliphatic carbocycles. The molecule has 2 amide bonds. The molecule has 3 rings (SSSR count). The van der Waals surface area contributed by atoms with Crippen LogP contribution < -0.4 is 25.4 Å². The molecule has 0 unspecified atom stereocenters. The Kier molecular flexibility index (Phi) is 8.16. The van der Waals surface area contributed by atoms with Gasteiger partial charge in [0.2, 0.25) is 0 Å². The van der Waals surface area contributed by atoms with Gasteiger partial charge >= 0.3 is 0 Å². The van der Waals surface area contributed by atoms with Gasteiger partial charge in [-0.15, -0.1) is 0 Å². The van der Waals surface area contributed by atoms with E-state index in [-0.39, 0.29) is 23.5 Å². The summed E-state index contributed by atoms with van der Waals surface area (Å²) in [5, 5.41) is 8.46. The van der Waals surface area contributed by atoms with Crippen molar-refractivity contribution < 1.29 is 19.1 Å². The number of para-hydroxylation sites is 2. The molecular weight excluding hydrogens is 426 g/mol. The molecule has 0 atom stereocenters. The summed E-state index contributed by atoms with van der Waals surface area (Å²) < 4.78 is 10.9. The van der Waals surface area contributed by atoms with E-state index in [1.165, 1.54) is 0 Å². The average molecular weight is 450 g/mol. The van der Waals surface area contributed by atoms with Crippen molar-refractivity contribution >= 4 is 40.5 Å². The number of ether oxygens (including phenoxy) is 2. The molecule has 3 aromatic rings. The molecule has 0 saturated carbocycles. The van der Waals surface area contributed by atoms with E-state index in [1.807, 2.05) is 25.1 Å². The summed E-state index contributed by atoms with van der Waals surface area (Å²) >= 11 is 5.26. The largest absolute Gasteiger partial charge is 0.493 e. The molecule has 0 fully saturated rings. The smallest absolute Gasteiger partial charge is 0.262 e. The average Bonchev–Trinajstić information content (AvgIpc) is 2.79. The van der Waals surface area contributed by atoms with Crippen LogP contribution in [-0.4, -0.2) is 30.1 Å². The predicted molar refractivity (Wildman–Crippen MR) is 128 cm³/mol. The van der Waals surface area contributed by atoms with E-state index < -0.39 is 0 Å². The zero-order valence-corrected chi connectivity index (χ0v) is 18.3. The highest BCUT2D eigenvalue weighted by Crippen LogP contribution is 2.18. The van der Waals surface area contributed by atoms with Gasteiger partial charge in [-0.25, -0.2) is 0 Å². The first-order chi connectivity index (χ1) is 15.5. The first-order valence-electron chi connectivity index (χ1n) is 9.97. The Morgan fingerprint density at radius 3 is 2.28 bits per heavy atom. The normalized spacial score (nSPS) is 10.0. The second kappa shape index (κ2) is 11.5. The van der Waals surface area contributed by atoms with Gasteiger partial charge in [0.05, 0.1) is 12.2 Å². The molecule has 3 aromatic carbocycles. The first kappa shape index (κ1) is 22.8. The summed E-state index contributed by atoms with van der Waals surface area (Å²) in [4.78, 5) is 24.7. The second-order valence-electron chi connectivity index (χ2n) is 6.57. The maximum absolute atomic E-state index is 12.6. The molecule has 0 aliphatic rings. The standard InChI is InChI=1S/C24H23N3O4S/c1-2-30-21-14-7-6-13-20(21)23(29)27-24(32)26-18-10-8-9-17(15-18)25-22(28)16-31-19-11-4-3-5-12-19/h3-15H,2,16H2,1H3,(H,25,28)(H2,26,27,29,32). The number of rotatable bonds is 8. The lowest BCUT2D eigenvalue weighted by atomic mass is 10.2. The third-order valence-corrected chi connectivity index (χ3v) is 4.38. The highest BCUT2D eigenvalue weighted by atomic mass is 32.1. The molecule has 0 aromatic heterocycles. The number of hydrogen-bond acceptors (Lipinski definition) is 5. The zero-order chi connectivity index (χ0) is 22.8. The fraction of sp³-hybridized carbons (Fsp3) is 0.125. The van der Waals surface area contributed by atoms with Crippen molar-refractivity contribution in [3.05, 3.63) is 84.4 Å². The van der Waals surface area contributed by atoms with Crippen molar-refractivity contribution in [3.8, 4) is 11.5 Å². The van der Waals surface area contributed by atoms with E-state index in [0.29, 0.717) is 35.0 Å². The maximum Gasteiger partial charge on any atom is 0.262 e. The minimum atomic E-state index is -0.380. The topological polar surface area (TPSA) is 88.7 Å². The SMILES string of the molecule is CCOc1ccccc1C(=O)NC(=S)Nc1cccc(NC(=O)COc2ccccc2)c1.